The molecule has 4 rings (SSSR count). The second-order valence-corrected chi connectivity index (χ2v) is 7.73. The zero-order chi connectivity index (χ0) is 20.8. The van der Waals surface area contributed by atoms with Crippen LogP contribution in [0.2, 0.25) is 0 Å². The molecule has 0 aliphatic rings. The van der Waals surface area contributed by atoms with Gasteiger partial charge in [0.1, 0.15) is 17.3 Å². The first-order chi connectivity index (χ1) is 14.7. The minimum Gasteiger partial charge on any atom is -0.497 e. The van der Waals surface area contributed by atoms with E-state index >= 15 is 0 Å². The highest BCUT2D eigenvalue weighted by atomic mass is 32.2. The molecule has 0 fully saturated rings. The highest BCUT2D eigenvalue weighted by Gasteiger charge is 2.16. The third-order valence-corrected chi connectivity index (χ3v) is 5.54. The average Bonchev–Trinajstić information content (AvgIpc) is 3.43. The van der Waals surface area contributed by atoms with E-state index in [1.54, 1.807) is 25.1 Å². The lowest BCUT2D eigenvalue weighted by atomic mass is 10.2. The molecule has 0 atom stereocenters. The van der Waals surface area contributed by atoms with Gasteiger partial charge in [0.05, 0.1) is 26.5 Å². The number of para-hydroxylation sites is 1. The topological polar surface area (TPSA) is 62.3 Å². The predicted molar refractivity (Wildman–Crippen MR) is 117 cm³/mol. The largest absolute Gasteiger partial charge is 0.497 e. The number of aryl methyl sites for hydroxylation is 1. The Kier molecular flexibility index (Phi) is 6.39. The lowest BCUT2D eigenvalue weighted by molar-refractivity contribution is 0.341. The molecule has 0 aliphatic heterocycles. The minimum absolute atomic E-state index is 0.549. The number of thioether (sulfide) groups is 1. The summed E-state index contributed by atoms with van der Waals surface area (Å²) in [5.74, 6) is 4.06. The van der Waals surface area contributed by atoms with Crippen molar-refractivity contribution < 1.29 is 13.9 Å². The standard InChI is InChI=1S/C23H23N3O3S/c1-17-7-3-4-11-21(17)29-13-14-30-23-25-24-22(18-8-5-9-19(15-18)27-2)26(23)16-20-10-6-12-28-20/h3-12,15H,13-14,16H2,1-2H3. The van der Waals surface area contributed by atoms with Crippen LogP contribution in [0.15, 0.2) is 76.5 Å². The van der Waals surface area contributed by atoms with Crippen molar-refractivity contribution in [2.24, 2.45) is 0 Å². The van der Waals surface area contributed by atoms with Crippen LogP contribution in [0.4, 0.5) is 0 Å². The molecule has 0 spiro atoms. The highest BCUT2D eigenvalue weighted by Crippen LogP contribution is 2.28. The first-order valence-corrected chi connectivity index (χ1v) is 10.6. The second-order valence-electron chi connectivity index (χ2n) is 6.67. The number of aromatic nitrogens is 3. The summed E-state index contributed by atoms with van der Waals surface area (Å²) in [6, 6.07) is 19.7. The van der Waals surface area contributed by atoms with Gasteiger partial charge in [0.25, 0.3) is 0 Å². The lowest BCUT2D eigenvalue weighted by Crippen LogP contribution is -2.06. The van der Waals surface area contributed by atoms with Crippen LogP contribution in [0.1, 0.15) is 11.3 Å². The van der Waals surface area contributed by atoms with Gasteiger partial charge in [-0.25, -0.2) is 0 Å². The first kappa shape index (κ1) is 20.1. The maximum atomic E-state index is 5.91. The van der Waals surface area contributed by atoms with Crippen LogP contribution in [-0.4, -0.2) is 34.2 Å². The third kappa shape index (κ3) is 4.68. The summed E-state index contributed by atoms with van der Waals surface area (Å²) in [6.07, 6.45) is 1.67. The SMILES string of the molecule is COc1cccc(-c2nnc(SCCOc3ccccc3C)n2Cc2ccco2)c1. The molecular formula is C23H23N3O3S. The third-order valence-electron chi connectivity index (χ3n) is 4.60. The Hall–Kier alpha value is -3.19. The van der Waals surface area contributed by atoms with Crippen molar-refractivity contribution in [2.75, 3.05) is 19.5 Å². The number of ether oxygens (including phenoxy) is 2. The zero-order valence-electron chi connectivity index (χ0n) is 16.9. The van der Waals surface area contributed by atoms with Crippen molar-refractivity contribution in [1.82, 2.24) is 14.8 Å². The van der Waals surface area contributed by atoms with Gasteiger partial charge in [0, 0.05) is 11.3 Å². The van der Waals surface area contributed by atoms with Gasteiger partial charge >= 0.3 is 0 Å². The molecule has 0 aliphatic carbocycles. The molecule has 0 bridgehead atoms. The summed E-state index contributed by atoms with van der Waals surface area (Å²) < 4.78 is 18.9. The number of rotatable bonds is 9. The van der Waals surface area contributed by atoms with Crippen LogP contribution in [0, 0.1) is 6.92 Å². The van der Waals surface area contributed by atoms with E-state index in [1.165, 1.54) is 0 Å². The number of furan rings is 1. The van der Waals surface area contributed by atoms with Gasteiger partial charge < -0.3 is 13.9 Å². The van der Waals surface area contributed by atoms with Crippen molar-refractivity contribution in [3.63, 3.8) is 0 Å². The molecule has 154 valence electrons. The number of benzene rings is 2. The summed E-state index contributed by atoms with van der Waals surface area (Å²) in [6.45, 7) is 3.17. The smallest absolute Gasteiger partial charge is 0.192 e. The van der Waals surface area contributed by atoms with Crippen molar-refractivity contribution in [3.8, 4) is 22.9 Å². The van der Waals surface area contributed by atoms with Gasteiger partial charge in [0.2, 0.25) is 0 Å². The molecule has 7 heteroatoms. The monoisotopic (exact) mass is 421 g/mol. The fourth-order valence-corrected chi connectivity index (χ4v) is 3.83. The van der Waals surface area contributed by atoms with Gasteiger partial charge in [0.15, 0.2) is 11.0 Å². The molecule has 0 saturated heterocycles. The molecule has 30 heavy (non-hydrogen) atoms. The number of hydrogen-bond donors (Lipinski definition) is 0. The molecule has 4 aromatic rings. The molecule has 0 amide bonds. The van der Waals surface area contributed by atoms with Crippen molar-refractivity contribution >= 4 is 11.8 Å². The van der Waals surface area contributed by atoms with E-state index in [9.17, 15) is 0 Å². The molecule has 0 N–H and O–H groups in total. The Morgan fingerprint density at radius 3 is 2.73 bits per heavy atom. The van der Waals surface area contributed by atoms with Gasteiger partial charge in [-0.3, -0.25) is 4.57 Å². The van der Waals surface area contributed by atoms with Crippen LogP contribution in [-0.2, 0) is 6.54 Å². The molecule has 0 saturated carbocycles. The summed E-state index contributed by atoms with van der Waals surface area (Å²) in [4.78, 5) is 0. The Balaban J connectivity index is 1.52. The highest BCUT2D eigenvalue weighted by molar-refractivity contribution is 7.99. The van der Waals surface area contributed by atoms with E-state index in [4.69, 9.17) is 13.9 Å². The van der Waals surface area contributed by atoms with E-state index in [2.05, 4.69) is 14.8 Å². The molecule has 0 unspecified atom stereocenters. The summed E-state index contributed by atoms with van der Waals surface area (Å²) in [5.41, 5.74) is 2.07. The van der Waals surface area contributed by atoms with E-state index in [1.807, 2.05) is 67.6 Å². The summed E-state index contributed by atoms with van der Waals surface area (Å²) in [5, 5.41) is 9.69. The summed E-state index contributed by atoms with van der Waals surface area (Å²) >= 11 is 1.61. The van der Waals surface area contributed by atoms with Crippen LogP contribution in [0.25, 0.3) is 11.4 Å². The van der Waals surface area contributed by atoms with E-state index in [0.29, 0.717) is 13.2 Å². The Morgan fingerprint density at radius 1 is 1.03 bits per heavy atom. The maximum absolute atomic E-state index is 5.91. The van der Waals surface area contributed by atoms with E-state index in [0.717, 1.165) is 45.1 Å². The first-order valence-electron chi connectivity index (χ1n) is 9.66. The van der Waals surface area contributed by atoms with Crippen LogP contribution < -0.4 is 9.47 Å². The van der Waals surface area contributed by atoms with Gasteiger partial charge in [-0.1, -0.05) is 42.1 Å². The minimum atomic E-state index is 0.549. The Bertz CT molecular complexity index is 1090. The molecule has 0 radical (unpaired) electrons. The molecular weight excluding hydrogens is 398 g/mol. The number of methoxy groups -OCH3 is 1. The Morgan fingerprint density at radius 2 is 1.93 bits per heavy atom. The van der Waals surface area contributed by atoms with Crippen LogP contribution >= 0.6 is 11.8 Å². The van der Waals surface area contributed by atoms with Crippen molar-refractivity contribution in [3.05, 3.63) is 78.3 Å². The van der Waals surface area contributed by atoms with Gasteiger partial charge in [-0.05, 0) is 42.8 Å². The van der Waals surface area contributed by atoms with E-state index in [-0.39, 0.29) is 0 Å². The van der Waals surface area contributed by atoms with Gasteiger partial charge in [-0.15, -0.1) is 10.2 Å². The zero-order valence-corrected chi connectivity index (χ0v) is 17.8. The molecule has 2 aromatic heterocycles. The second kappa shape index (κ2) is 9.54. The summed E-state index contributed by atoms with van der Waals surface area (Å²) in [7, 11) is 1.66. The fourth-order valence-electron chi connectivity index (χ4n) is 3.08. The van der Waals surface area contributed by atoms with E-state index < -0.39 is 0 Å². The molecule has 2 heterocycles. The number of nitrogens with zero attached hydrogens (tertiary/aromatic N) is 3. The van der Waals surface area contributed by atoms with Crippen LogP contribution in [0.5, 0.6) is 11.5 Å². The maximum Gasteiger partial charge on any atom is 0.192 e. The van der Waals surface area contributed by atoms with Gasteiger partial charge in [-0.2, -0.15) is 0 Å². The lowest BCUT2D eigenvalue weighted by Gasteiger charge is -2.11. The van der Waals surface area contributed by atoms with Crippen LogP contribution in [0.3, 0.4) is 0 Å². The molecule has 2 aromatic carbocycles. The quantitative estimate of drug-likeness (QED) is 0.278. The van der Waals surface area contributed by atoms with Crippen molar-refractivity contribution in [2.45, 2.75) is 18.6 Å². The Labute approximate surface area is 179 Å². The predicted octanol–water partition coefficient (Wildman–Crippen LogP) is 5.07. The number of hydrogen-bond acceptors (Lipinski definition) is 6. The molecule has 6 nitrogen and oxygen atoms in total. The normalized spacial score (nSPS) is 10.9. The van der Waals surface area contributed by atoms with Crippen molar-refractivity contribution in [1.29, 1.82) is 0 Å². The average molecular weight is 422 g/mol. The fraction of sp³-hybridized carbons (Fsp3) is 0.217.